The van der Waals surface area contributed by atoms with Crippen LogP contribution in [0.4, 0.5) is 5.82 Å². The molecule has 8 nitrogen and oxygen atoms in total. The highest BCUT2D eigenvalue weighted by molar-refractivity contribution is 5.49. The van der Waals surface area contributed by atoms with Crippen molar-refractivity contribution in [3.8, 4) is 11.7 Å². The van der Waals surface area contributed by atoms with Crippen molar-refractivity contribution >= 4 is 5.82 Å². The minimum Gasteiger partial charge on any atom is -0.497 e. The molecule has 0 bridgehead atoms. The highest BCUT2D eigenvalue weighted by Gasteiger charge is 2.27. The van der Waals surface area contributed by atoms with Crippen molar-refractivity contribution in [2.45, 2.75) is 26.3 Å². The van der Waals surface area contributed by atoms with Crippen LogP contribution in [0.1, 0.15) is 29.9 Å². The molecule has 0 N–H and O–H groups in total. The molecule has 8 heteroatoms. The summed E-state index contributed by atoms with van der Waals surface area (Å²) in [4.78, 5) is 16.0. The summed E-state index contributed by atoms with van der Waals surface area (Å²) in [7, 11) is 1.67. The fourth-order valence-electron chi connectivity index (χ4n) is 3.18. The predicted molar refractivity (Wildman–Crippen MR) is 91.9 cm³/mol. The summed E-state index contributed by atoms with van der Waals surface area (Å²) in [5, 5.41) is 7.76. The second-order valence-electron chi connectivity index (χ2n) is 6.05. The van der Waals surface area contributed by atoms with Gasteiger partial charge in [-0.3, -0.25) is 0 Å². The van der Waals surface area contributed by atoms with Gasteiger partial charge >= 0.3 is 0 Å². The minimum absolute atomic E-state index is 0.132. The van der Waals surface area contributed by atoms with E-state index in [0.29, 0.717) is 5.95 Å². The molecule has 0 radical (unpaired) electrons. The summed E-state index contributed by atoms with van der Waals surface area (Å²) < 4.78 is 6.96. The van der Waals surface area contributed by atoms with Crippen LogP contribution in [0.5, 0.6) is 5.75 Å². The van der Waals surface area contributed by atoms with E-state index in [1.165, 1.54) is 0 Å². The van der Waals surface area contributed by atoms with Crippen LogP contribution in [0.15, 0.2) is 30.7 Å². The molecule has 1 unspecified atom stereocenters. The van der Waals surface area contributed by atoms with Crippen molar-refractivity contribution < 1.29 is 4.74 Å². The first-order chi connectivity index (χ1) is 12.2. The first-order valence-corrected chi connectivity index (χ1v) is 8.17. The van der Waals surface area contributed by atoms with Crippen LogP contribution in [-0.4, -0.2) is 43.6 Å². The molecule has 0 aliphatic carbocycles. The van der Waals surface area contributed by atoms with Gasteiger partial charge in [-0.05, 0) is 13.8 Å². The van der Waals surface area contributed by atoms with E-state index < -0.39 is 0 Å². The third-order valence-corrected chi connectivity index (χ3v) is 4.47. The number of anilines is 1. The van der Waals surface area contributed by atoms with E-state index in [4.69, 9.17) is 4.74 Å². The van der Waals surface area contributed by atoms with E-state index in [1.54, 1.807) is 24.2 Å². The smallest absolute Gasteiger partial charge is 0.252 e. The van der Waals surface area contributed by atoms with Gasteiger partial charge in [0.2, 0.25) is 0 Å². The molecule has 0 saturated carbocycles. The van der Waals surface area contributed by atoms with Crippen LogP contribution >= 0.6 is 0 Å². The number of fused-ring (bicyclic) bond motifs is 1. The zero-order valence-corrected chi connectivity index (χ0v) is 14.4. The third-order valence-electron chi connectivity index (χ3n) is 4.47. The Labute approximate surface area is 145 Å². The van der Waals surface area contributed by atoms with Gasteiger partial charge in [0.15, 0.2) is 0 Å². The standard InChI is InChI=1S/C17H19N7O/c1-11-8-13(25-3)9-16(20-11)23-6-4-15-14(12(23)2)10-18-17(21-15)24-7-5-19-22-24/h5,7-10,12H,4,6H2,1-3H3. The quantitative estimate of drug-likeness (QED) is 0.722. The number of aromatic nitrogens is 6. The monoisotopic (exact) mass is 337 g/mol. The maximum atomic E-state index is 5.38. The highest BCUT2D eigenvalue weighted by atomic mass is 16.5. The normalized spacial score (nSPS) is 16.6. The molecule has 1 aliphatic rings. The van der Waals surface area contributed by atoms with Gasteiger partial charge in [0.1, 0.15) is 11.6 Å². The van der Waals surface area contributed by atoms with Crippen LogP contribution < -0.4 is 9.64 Å². The van der Waals surface area contributed by atoms with Crippen LogP contribution in [0.3, 0.4) is 0 Å². The van der Waals surface area contributed by atoms with Gasteiger partial charge in [-0.25, -0.2) is 15.0 Å². The maximum Gasteiger partial charge on any atom is 0.252 e. The number of aryl methyl sites for hydroxylation is 1. The molecular formula is C17H19N7O. The lowest BCUT2D eigenvalue weighted by atomic mass is 9.99. The number of ether oxygens (including phenoxy) is 1. The lowest BCUT2D eigenvalue weighted by Crippen LogP contribution is -2.35. The molecule has 4 rings (SSSR count). The topological polar surface area (TPSA) is 81.9 Å². The molecule has 128 valence electrons. The van der Waals surface area contributed by atoms with Crippen molar-refractivity contribution in [3.05, 3.63) is 47.7 Å². The molecule has 1 atom stereocenters. The van der Waals surface area contributed by atoms with Crippen molar-refractivity contribution in [1.82, 2.24) is 29.9 Å². The van der Waals surface area contributed by atoms with Crippen molar-refractivity contribution in [2.24, 2.45) is 0 Å². The molecule has 0 spiro atoms. The van der Waals surface area contributed by atoms with Crippen molar-refractivity contribution in [3.63, 3.8) is 0 Å². The molecule has 4 heterocycles. The van der Waals surface area contributed by atoms with Gasteiger partial charge in [0.05, 0.1) is 31.2 Å². The average Bonchev–Trinajstić information content (AvgIpc) is 3.16. The number of rotatable bonds is 3. The van der Waals surface area contributed by atoms with Crippen molar-refractivity contribution in [2.75, 3.05) is 18.6 Å². The largest absolute Gasteiger partial charge is 0.497 e. The van der Waals surface area contributed by atoms with Gasteiger partial charge in [-0.1, -0.05) is 5.21 Å². The van der Waals surface area contributed by atoms with E-state index in [2.05, 4.69) is 37.1 Å². The molecule has 0 aromatic carbocycles. The first kappa shape index (κ1) is 15.5. The SMILES string of the molecule is COc1cc(C)nc(N2CCc3nc(-n4ccnn4)ncc3C2C)c1. The van der Waals surface area contributed by atoms with Gasteiger partial charge in [0, 0.05) is 42.6 Å². The zero-order valence-electron chi connectivity index (χ0n) is 14.4. The van der Waals surface area contributed by atoms with Gasteiger partial charge in [-0.2, -0.15) is 4.68 Å². The van der Waals surface area contributed by atoms with E-state index in [0.717, 1.165) is 41.5 Å². The fraction of sp³-hybridized carbons (Fsp3) is 0.353. The van der Waals surface area contributed by atoms with E-state index in [9.17, 15) is 0 Å². The van der Waals surface area contributed by atoms with Gasteiger partial charge in [0.25, 0.3) is 5.95 Å². The molecule has 1 aliphatic heterocycles. The number of pyridine rings is 1. The Bertz CT molecular complexity index is 894. The summed E-state index contributed by atoms with van der Waals surface area (Å²) >= 11 is 0. The minimum atomic E-state index is 0.132. The number of methoxy groups -OCH3 is 1. The van der Waals surface area contributed by atoms with Gasteiger partial charge in [-0.15, -0.1) is 5.10 Å². The Morgan fingerprint density at radius 3 is 2.88 bits per heavy atom. The Morgan fingerprint density at radius 1 is 1.24 bits per heavy atom. The summed E-state index contributed by atoms with van der Waals surface area (Å²) in [5.41, 5.74) is 3.09. The van der Waals surface area contributed by atoms with E-state index >= 15 is 0 Å². The highest BCUT2D eigenvalue weighted by Crippen LogP contribution is 2.33. The summed E-state index contributed by atoms with van der Waals surface area (Å²) in [6.45, 7) is 4.96. The second kappa shape index (κ2) is 6.12. The third kappa shape index (κ3) is 2.79. The van der Waals surface area contributed by atoms with Crippen LogP contribution in [-0.2, 0) is 6.42 Å². The Balaban J connectivity index is 1.67. The predicted octanol–water partition coefficient (Wildman–Crippen LogP) is 1.89. The Kier molecular flexibility index (Phi) is 3.79. The van der Waals surface area contributed by atoms with Gasteiger partial charge < -0.3 is 9.64 Å². The molecule has 3 aromatic rings. The van der Waals surface area contributed by atoms with Crippen LogP contribution in [0.2, 0.25) is 0 Å². The van der Waals surface area contributed by atoms with E-state index in [1.807, 2.05) is 25.3 Å². The zero-order chi connectivity index (χ0) is 17.4. The summed E-state index contributed by atoms with van der Waals surface area (Å²) in [5.74, 6) is 2.28. The first-order valence-electron chi connectivity index (χ1n) is 8.17. The van der Waals surface area contributed by atoms with Crippen molar-refractivity contribution in [1.29, 1.82) is 0 Å². The lowest BCUT2D eigenvalue weighted by Gasteiger charge is -2.35. The number of hydrogen-bond donors (Lipinski definition) is 0. The van der Waals surface area contributed by atoms with Crippen LogP contribution in [0.25, 0.3) is 5.95 Å². The lowest BCUT2D eigenvalue weighted by molar-refractivity contribution is 0.413. The Morgan fingerprint density at radius 2 is 2.12 bits per heavy atom. The summed E-state index contributed by atoms with van der Waals surface area (Å²) in [6, 6.07) is 4.03. The second-order valence-corrected chi connectivity index (χ2v) is 6.05. The van der Waals surface area contributed by atoms with E-state index in [-0.39, 0.29) is 6.04 Å². The molecule has 0 amide bonds. The number of nitrogens with zero attached hydrogens (tertiary/aromatic N) is 7. The molecule has 0 saturated heterocycles. The Hall–Kier alpha value is -3.03. The molecule has 0 fully saturated rings. The number of hydrogen-bond acceptors (Lipinski definition) is 7. The molecule has 25 heavy (non-hydrogen) atoms. The fourth-order valence-corrected chi connectivity index (χ4v) is 3.18. The molecular weight excluding hydrogens is 318 g/mol. The average molecular weight is 337 g/mol. The maximum absolute atomic E-state index is 5.38. The molecule has 3 aromatic heterocycles. The summed E-state index contributed by atoms with van der Waals surface area (Å²) in [6.07, 6.45) is 6.05. The van der Waals surface area contributed by atoms with Crippen LogP contribution in [0, 0.1) is 6.92 Å².